The zero-order valence-electron chi connectivity index (χ0n) is 33.0. The van der Waals surface area contributed by atoms with Gasteiger partial charge in [-0.05, 0) is 25.7 Å². The number of aliphatic carboxylic acids is 2. The Labute approximate surface area is 319 Å². The summed E-state index contributed by atoms with van der Waals surface area (Å²) in [6, 6.07) is 0. The lowest BCUT2D eigenvalue weighted by Gasteiger charge is -2.01. The van der Waals surface area contributed by atoms with E-state index in [-0.39, 0.29) is 0 Å². The fourth-order valence-electron chi connectivity index (χ4n) is 5.02. The molecule has 0 spiro atoms. The quantitative estimate of drug-likeness (QED) is 0.0403. The highest BCUT2D eigenvalue weighted by molar-refractivity contribution is 5.80. The molecule has 0 heterocycles. The van der Waals surface area contributed by atoms with E-state index in [1.54, 1.807) is 24.3 Å². The average molecular weight is 715 g/mol. The van der Waals surface area contributed by atoms with Crippen molar-refractivity contribution in [3.8, 4) is 0 Å². The largest absolute Gasteiger partial charge is 0.478 e. The summed E-state index contributed by atoms with van der Waals surface area (Å²) >= 11 is 0. The van der Waals surface area contributed by atoms with Crippen LogP contribution in [-0.4, -0.2) is 22.2 Å². The summed E-state index contributed by atoms with van der Waals surface area (Å²) in [7, 11) is 0. The monoisotopic (exact) mass is 715 g/mol. The average Bonchev–Trinajstić information content (AvgIpc) is 3.13. The number of carboxylic acid groups (broad SMARTS) is 2. The molecular formula is C48H74O4. The molecule has 0 aliphatic heterocycles. The third-order valence-electron chi connectivity index (χ3n) is 7.98. The van der Waals surface area contributed by atoms with Gasteiger partial charge in [-0.25, -0.2) is 9.59 Å². The predicted octanol–water partition coefficient (Wildman–Crippen LogP) is 14.9. The Bertz CT molecular complexity index is 1120. The Balaban J connectivity index is 0. The third kappa shape index (κ3) is 52.9. The van der Waals surface area contributed by atoms with Gasteiger partial charge in [-0.15, -0.1) is 0 Å². The minimum Gasteiger partial charge on any atom is -0.478 e. The second kappa shape index (κ2) is 47.1. The van der Waals surface area contributed by atoms with Gasteiger partial charge < -0.3 is 10.2 Å². The summed E-state index contributed by atoms with van der Waals surface area (Å²) in [4.78, 5) is 20.5. The number of hydrogen-bond donors (Lipinski definition) is 2. The van der Waals surface area contributed by atoms with Gasteiger partial charge in [0, 0.05) is 12.2 Å². The maximum atomic E-state index is 10.2. The van der Waals surface area contributed by atoms with Gasteiger partial charge in [0.2, 0.25) is 0 Å². The van der Waals surface area contributed by atoms with Gasteiger partial charge in [0.25, 0.3) is 0 Å². The molecule has 0 bridgehead atoms. The number of unbranched alkanes of at least 4 members (excludes halogenated alkanes) is 20. The van der Waals surface area contributed by atoms with Crippen molar-refractivity contribution < 1.29 is 19.8 Å². The molecule has 0 aromatic carbocycles. The van der Waals surface area contributed by atoms with Crippen LogP contribution in [0.15, 0.2) is 134 Å². The van der Waals surface area contributed by atoms with Crippen LogP contribution in [0.1, 0.15) is 155 Å². The van der Waals surface area contributed by atoms with Crippen molar-refractivity contribution in [1.29, 1.82) is 0 Å². The minimum absolute atomic E-state index is 0.929. The molecule has 0 saturated heterocycles. The van der Waals surface area contributed by atoms with Crippen molar-refractivity contribution >= 4 is 11.9 Å². The lowest BCUT2D eigenvalue weighted by atomic mass is 10.1. The first-order chi connectivity index (χ1) is 25.5. The Hall–Kier alpha value is -3.92. The van der Waals surface area contributed by atoms with Crippen molar-refractivity contribution in [2.45, 2.75) is 155 Å². The van der Waals surface area contributed by atoms with E-state index in [0.29, 0.717) is 0 Å². The molecule has 0 amide bonds. The summed E-state index contributed by atoms with van der Waals surface area (Å²) in [5, 5.41) is 16.8. The van der Waals surface area contributed by atoms with Crippen LogP contribution in [0.3, 0.4) is 0 Å². The SMILES string of the molecule is CCCCCCCCCCC/C=C/C=C/C=C/C=C/C=C/C=C/C(=O)O.CCCCCCCCCCCCC/C=C/C=C/C=C/C=C/C=C/C(=O)O. The van der Waals surface area contributed by atoms with Crippen molar-refractivity contribution in [1.82, 2.24) is 0 Å². The number of hydrogen-bond acceptors (Lipinski definition) is 2. The van der Waals surface area contributed by atoms with E-state index in [1.807, 2.05) is 60.8 Å². The predicted molar refractivity (Wildman–Crippen MR) is 229 cm³/mol. The fraction of sp³-hybridized carbons (Fsp3) is 0.500. The van der Waals surface area contributed by atoms with Gasteiger partial charge in [-0.1, -0.05) is 251 Å². The van der Waals surface area contributed by atoms with E-state index < -0.39 is 11.9 Å². The van der Waals surface area contributed by atoms with E-state index in [4.69, 9.17) is 10.2 Å². The standard InChI is InChI=1S/C24H38O2.C24H36O2/c2*1-2-3-4-5-6-7-8-9-10-11-12-13-14-15-16-17-18-19-20-21-22-23-24(25)26/h14-23H,2-13H2,1H3,(H,25,26);12-23H,2-11H2,1H3,(H,25,26)/b15-14+,17-16+,19-18+,21-20+,23-22+;13-12+,15-14+,17-16+,19-18+,21-20+,23-22+. The van der Waals surface area contributed by atoms with E-state index in [2.05, 4.69) is 38.2 Å². The highest BCUT2D eigenvalue weighted by Crippen LogP contribution is 2.12. The Morgan fingerprint density at radius 3 is 0.769 bits per heavy atom. The van der Waals surface area contributed by atoms with Gasteiger partial charge in [0.05, 0.1) is 0 Å². The normalized spacial score (nSPS) is 12.8. The van der Waals surface area contributed by atoms with Crippen LogP contribution >= 0.6 is 0 Å². The third-order valence-corrected chi connectivity index (χ3v) is 7.98. The van der Waals surface area contributed by atoms with E-state index in [9.17, 15) is 9.59 Å². The summed E-state index contributed by atoms with van der Waals surface area (Å²) in [5.41, 5.74) is 0. The molecule has 0 radical (unpaired) electrons. The van der Waals surface area contributed by atoms with Crippen LogP contribution < -0.4 is 0 Å². The van der Waals surface area contributed by atoms with Crippen molar-refractivity contribution in [2.24, 2.45) is 0 Å². The molecule has 0 aromatic heterocycles. The molecule has 290 valence electrons. The van der Waals surface area contributed by atoms with Crippen LogP contribution in [0.4, 0.5) is 0 Å². The van der Waals surface area contributed by atoms with E-state index in [0.717, 1.165) is 18.6 Å². The number of carboxylic acids is 2. The zero-order chi connectivity index (χ0) is 38.3. The smallest absolute Gasteiger partial charge is 0.328 e. The van der Waals surface area contributed by atoms with Gasteiger partial charge >= 0.3 is 11.9 Å². The number of rotatable bonds is 33. The molecule has 0 atom stereocenters. The van der Waals surface area contributed by atoms with Crippen molar-refractivity contribution in [3.63, 3.8) is 0 Å². The van der Waals surface area contributed by atoms with Crippen LogP contribution in [-0.2, 0) is 9.59 Å². The summed E-state index contributed by atoms with van der Waals surface area (Å²) < 4.78 is 0. The first kappa shape index (κ1) is 50.2. The van der Waals surface area contributed by atoms with Crippen molar-refractivity contribution in [2.75, 3.05) is 0 Å². The molecule has 4 nitrogen and oxygen atoms in total. The molecule has 52 heavy (non-hydrogen) atoms. The molecule has 0 aliphatic rings. The number of allylic oxidation sites excluding steroid dienone is 20. The Morgan fingerprint density at radius 1 is 0.308 bits per heavy atom. The fourth-order valence-corrected chi connectivity index (χ4v) is 5.02. The molecule has 0 saturated carbocycles. The second-order valence-electron chi connectivity index (χ2n) is 12.9. The highest BCUT2D eigenvalue weighted by atomic mass is 16.4. The molecule has 0 rings (SSSR count). The minimum atomic E-state index is -0.936. The highest BCUT2D eigenvalue weighted by Gasteiger charge is 1.93. The van der Waals surface area contributed by atoms with Gasteiger partial charge in [-0.2, -0.15) is 0 Å². The molecule has 0 aliphatic carbocycles. The van der Waals surface area contributed by atoms with Gasteiger partial charge in [-0.3, -0.25) is 0 Å². The molecule has 0 unspecified atom stereocenters. The lowest BCUT2D eigenvalue weighted by molar-refractivity contribution is -0.132. The Morgan fingerprint density at radius 2 is 0.519 bits per heavy atom. The lowest BCUT2D eigenvalue weighted by Crippen LogP contribution is -1.84. The first-order valence-electron chi connectivity index (χ1n) is 20.3. The molecule has 0 aromatic rings. The van der Waals surface area contributed by atoms with Crippen LogP contribution in [0.5, 0.6) is 0 Å². The number of carbonyl (C=O) groups is 2. The van der Waals surface area contributed by atoms with Crippen LogP contribution in [0.25, 0.3) is 0 Å². The first-order valence-corrected chi connectivity index (χ1v) is 20.3. The van der Waals surface area contributed by atoms with Gasteiger partial charge in [0.1, 0.15) is 0 Å². The van der Waals surface area contributed by atoms with E-state index >= 15 is 0 Å². The summed E-state index contributed by atoms with van der Waals surface area (Å²) in [5.74, 6) is -1.86. The van der Waals surface area contributed by atoms with Crippen LogP contribution in [0.2, 0.25) is 0 Å². The summed E-state index contributed by atoms with van der Waals surface area (Å²) in [6.07, 6.45) is 70.4. The molecule has 2 N–H and O–H groups in total. The molecule has 0 fully saturated rings. The zero-order valence-corrected chi connectivity index (χ0v) is 33.0. The van der Waals surface area contributed by atoms with Crippen LogP contribution in [0, 0.1) is 0 Å². The van der Waals surface area contributed by atoms with E-state index in [1.165, 1.54) is 147 Å². The maximum absolute atomic E-state index is 10.2. The van der Waals surface area contributed by atoms with Crippen molar-refractivity contribution in [3.05, 3.63) is 134 Å². The van der Waals surface area contributed by atoms with Gasteiger partial charge in [0.15, 0.2) is 0 Å². The summed E-state index contributed by atoms with van der Waals surface area (Å²) in [6.45, 7) is 4.54. The second-order valence-corrected chi connectivity index (χ2v) is 12.9. The topological polar surface area (TPSA) is 74.6 Å². The molecule has 4 heteroatoms. The molecular weight excluding hydrogens is 641 g/mol. The maximum Gasteiger partial charge on any atom is 0.328 e. The Kier molecular flexibility index (Phi) is 45.4.